The van der Waals surface area contributed by atoms with Gasteiger partial charge >= 0.3 is 0 Å². The van der Waals surface area contributed by atoms with Crippen molar-refractivity contribution in [2.45, 2.75) is 38.6 Å². The van der Waals surface area contributed by atoms with Crippen LogP contribution in [-0.4, -0.2) is 19.7 Å². The summed E-state index contributed by atoms with van der Waals surface area (Å²) < 4.78 is 2.19. The molecule has 1 aliphatic carbocycles. The SMILES string of the molecule is Cc1nc(N)sc1-c1nncn1C1CCCC1. The van der Waals surface area contributed by atoms with Crippen LogP contribution in [0.15, 0.2) is 6.33 Å². The molecule has 2 N–H and O–H groups in total. The molecule has 17 heavy (non-hydrogen) atoms. The Balaban J connectivity index is 2.03. The number of nitrogens with zero attached hydrogens (tertiary/aromatic N) is 4. The Kier molecular flexibility index (Phi) is 2.58. The van der Waals surface area contributed by atoms with E-state index in [9.17, 15) is 0 Å². The van der Waals surface area contributed by atoms with Gasteiger partial charge in [0.25, 0.3) is 0 Å². The fraction of sp³-hybridized carbons (Fsp3) is 0.545. The Bertz CT molecular complexity index is 524. The molecule has 2 heterocycles. The summed E-state index contributed by atoms with van der Waals surface area (Å²) in [6, 6.07) is 0.544. The number of rotatable bonds is 2. The summed E-state index contributed by atoms with van der Waals surface area (Å²) in [6.07, 6.45) is 6.87. The topological polar surface area (TPSA) is 69.6 Å². The zero-order valence-corrected chi connectivity index (χ0v) is 10.6. The number of hydrogen-bond donors (Lipinski definition) is 1. The minimum absolute atomic E-state index is 0.544. The molecule has 90 valence electrons. The smallest absolute Gasteiger partial charge is 0.180 e. The van der Waals surface area contributed by atoms with E-state index in [1.165, 1.54) is 37.0 Å². The second-order valence-corrected chi connectivity index (χ2v) is 5.50. The van der Waals surface area contributed by atoms with Gasteiger partial charge in [-0.1, -0.05) is 24.2 Å². The van der Waals surface area contributed by atoms with Gasteiger partial charge in [0.1, 0.15) is 6.33 Å². The van der Waals surface area contributed by atoms with Crippen molar-refractivity contribution in [2.75, 3.05) is 5.73 Å². The third kappa shape index (κ3) is 1.82. The standard InChI is InChI=1S/C11H15N5S/c1-7-9(17-11(12)14-7)10-15-13-6-16(10)8-4-2-3-5-8/h6,8H,2-5H2,1H3,(H2,12,14). The molecule has 0 saturated heterocycles. The lowest BCUT2D eigenvalue weighted by Gasteiger charge is -2.12. The van der Waals surface area contributed by atoms with Crippen LogP contribution in [0.1, 0.15) is 37.4 Å². The second kappa shape index (κ2) is 4.10. The molecule has 0 bridgehead atoms. The average molecular weight is 249 g/mol. The van der Waals surface area contributed by atoms with E-state index in [-0.39, 0.29) is 0 Å². The van der Waals surface area contributed by atoms with E-state index in [0.29, 0.717) is 11.2 Å². The molecule has 6 heteroatoms. The van der Waals surface area contributed by atoms with Gasteiger partial charge in [0.15, 0.2) is 11.0 Å². The van der Waals surface area contributed by atoms with Gasteiger partial charge in [-0.05, 0) is 19.8 Å². The fourth-order valence-electron chi connectivity index (χ4n) is 2.48. The fourth-order valence-corrected chi connectivity index (χ4v) is 3.30. The zero-order chi connectivity index (χ0) is 11.8. The Hall–Kier alpha value is -1.43. The number of nitrogens with two attached hydrogens (primary N) is 1. The van der Waals surface area contributed by atoms with Gasteiger partial charge in [0, 0.05) is 6.04 Å². The predicted octanol–water partition coefficient (Wildman–Crippen LogP) is 2.41. The van der Waals surface area contributed by atoms with E-state index in [4.69, 9.17) is 5.73 Å². The number of nitrogen functional groups attached to an aromatic ring is 1. The monoisotopic (exact) mass is 249 g/mol. The van der Waals surface area contributed by atoms with Crippen LogP contribution in [0.5, 0.6) is 0 Å². The van der Waals surface area contributed by atoms with Gasteiger partial charge in [-0.3, -0.25) is 0 Å². The van der Waals surface area contributed by atoms with Crippen molar-refractivity contribution in [1.82, 2.24) is 19.7 Å². The minimum Gasteiger partial charge on any atom is -0.375 e. The molecule has 2 aromatic heterocycles. The maximum atomic E-state index is 5.74. The lowest BCUT2D eigenvalue weighted by atomic mass is 10.2. The molecule has 1 aliphatic rings. The maximum Gasteiger partial charge on any atom is 0.180 e. The number of hydrogen-bond acceptors (Lipinski definition) is 5. The highest BCUT2D eigenvalue weighted by Crippen LogP contribution is 2.35. The molecule has 1 saturated carbocycles. The van der Waals surface area contributed by atoms with Crippen LogP contribution in [0, 0.1) is 6.92 Å². The summed E-state index contributed by atoms with van der Waals surface area (Å²) in [4.78, 5) is 5.30. The van der Waals surface area contributed by atoms with Crippen LogP contribution in [0.25, 0.3) is 10.7 Å². The van der Waals surface area contributed by atoms with Gasteiger partial charge in [-0.15, -0.1) is 10.2 Å². The highest BCUT2D eigenvalue weighted by molar-refractivity contribution is 7.18. The van der Waals surface area contributed by atoms with Crippen molar-refractivity contribution in [1.29, 1.82) is 0 Å². The Morgan fingerprint density at radius 3 is 2.82 bits per heavy atom. The highest BCUT2D eigenvalue weighted by atomic mass is 32.1. The first-order valence-corrected chi connectivity index (χ1v) is 6.70. The lowest BCUT2D eigenvalue weighted by molar-refractivity contribution is 0.522. The zero-order valence-electron chi connectivity index (χ0n) is 9.76. The molecular weight excluding hydrogens is 234 g/mol. The molecule has 0 aliphatic heterocycles. The van der Waals surface area contributed by atoms with Crippen molar-refractivity contribution in [3.05, 3.63) is 12.0 Å². The molecule has 5 nitrogen and oxygen atoms in total. The van der Waals surface area contributed by atoms with Crippen LogP contribution in [0.4, 0.5) is 5.13 Å². The Labute approximate surface area is 104 Å². The van der Waals surface area contributed by atoms with Crippen molar-refractivity contribution >= 4 is 16.5 Å². The van der Waals surface area contributed by atoms with Crippen molar-refractivity contribution < 1.29 is 0 Å². The quantitative estimate of drug-likeness (QED) is 0.887. The summed E-state index contributed by atoms with van der Waals surface area (Å²) in [5, 5.41) is 8.87. The number of thiazole rings is 1. The molecule has 0 spiro atoms. The highest BCUT2D eigenvalue weighted by Gasteiger charge is 2.22. The van der Waals surface area contributed by atoms with Gasteiger partial charge in [-0.25, -0.2) is 4.98 Å². The van der Waals surface area contributed by atoms with Gasteiger partial charge in [0.05, 0.1) is 10.6 Å². The number of aromatic nitrogens is 4. The van der Waals surface area contributed by atoms with Gasteiger partial charge in [0.2, 0.25) is 0 Å². The second-order valence-electron chi connectivity index (χ2n) is 4.47. The maximum absolute atomic E-state index is 5.74. The summed E-state index contributed by atoms with van der Waals surface area (Å²) >= 11 is 1.49. The Morgan fingerprint density at radius 1 is 1.41 bits per heavy atom. The van der Waals surface area contributed by atoms with Crippen molar-refractivity contribution in [2.24, 2.45) is 0 Å². The number of anilines is 1. The third-order valence-corrected chi connectivity index (χ3v) is 4.29. The third-order valence-electron chi connectivity index (χ3n) is 3.31. The van der Waals surface area contributed by atoms with E-state index in [1.807, 2.05) is 13.3 Å². The first kappa shape index (κ1) is 10.7. The number of aryl methyl sites for hydroxylation is 1. The van der Waals surface area contributed by atoms with Crippen molar-refractivity contribution in [3.63, 3.8) is 0 Å². The van der Waals surface area contributed by atoms with Crippen LogP contribution < -0.4 is 5.73 Å². The van der Waals surface area contributed by atoms with Crippen LogP contribution in [0.2, 0.25) is 0 Å². The molecule has 0 atom stereocenters. The molecule has 0 aromatic carbocycles. The first-order valence-electron chi connectivity index (χ1n) is 5.88. The molecule has 1 fully saturated rings. The molecule has 0 radical (unpaired) electrons. The van der Waals surface area contributed by atoms with Crippen LogP contribution >= 0.6 is 11.3 Å². The Morgan fingerprint density at radius 2 is 2.18 bits per heavy atom. The summed E-state index contributed by atoms with van der Waals surface area (Å²) in [7, 11) is 0. The molecule has 0 unspecified atom stereocenters. The molecule has 3 rings (SSSR count). The van der Waals surface area contributed by atoms with E-state index in [1.54, 1.807) is 0 Å². The summed E-state index contributed by atoms with van der Waals surface area (Å²) in [6.45, 7) is 1.97. The van der Waals surface area contributed by atoms with Crippen LogP contribution in [0.3, 0.4) is 0 Å². The summed E-state index contributed by atoms with van der Waals surface area (Å²) in [5.74, 6) is 0.920. The van der Waals surface area contributed by atoms with Gasteiger partial charge < -0.3 is 10.3 Å². The van der Waals surface area contributed by atoms with E-state index in [0.717, 1.165) is 16.4 Å². The van der Waals surface area contributed by atoms with Crippen LogP contribution in [-0.2, 0) is 0 Å². The molecule has 2 aromatic rings. The van der Waals surface area contributed by atoms with E-state index < -0.39 is 0 Å². The van der Waals surface area contributed by atoms with Crippen molar-refractivity contribution in [3.8, 4) is 10.7 Å². The lowest BCUT2D eigenvalue weighted by Crippen LogP contribution is -2.05. The van der Waals surface area contributed by atoms with E-state index in [2.05, 4.69) is 19.7 Å². The van der Waals surface area contributed by atoms with Gasteiger partial charge in [-0.2, -0.15) is 0 Å². The predicted molar refractivity (Wildman–Crippen MR) is 67.8 cm³/mol. The normalized spacial score (nSPS) is 16.8. The molecular formula is C11H15N5S. The largest absolute Gasteiger partial charge is 0.375 e. The minimum atomic E-state index is 0.544. The first-order chi connectivity index (χ1) is 8.25. The summed E-state index contributed by atoms with van der Waals surface area (Å²) in [5.41, 5.74) is 6.68. The van der Waals surface area contributed by atoms with E-state index >= 15 is 0 Å². The molecule has 0 amide bonds. The average Bonchev–Trinajstić information content (AvgIpc) is 2.97.